The highest BCUT2D eigenvalue weighted by Crippen LogP contribution is 2.37. The van der Waals surface area contributed by atoms with Crippen LogP contribution in [-0.4, -0.2) is 30.3 Å². The lowest BCUT2D eigenvalue weighted by Gasteiger charge is -2.44. The summed E-state index contributed by atoms with van der Waals surface area (Å²) in [7, 11) is 4.10. The zero-order valence-electron chi connectivity index (χ0n) is 12.7. The third kappa shape index (κ3) is 3.15. The minimum Gasteiger partial charge on any atom is -0.297 e. The standard InChI is InChI=1S/C17H24BrNO/c1-13-7-6-10-17(12-13,19(2)3)16(20)11-14-8-4-5-9-15(14)18/h4-5,8-9,13H,6-7,10-12H2,1-3H3. The van der Waals surface area contributed by atoms with Gasteiger partial charge in [0.05, 0.1) is 5.54 Å². The molecule has 0 N–H and O–H groups in total. The molecule has 0 amide bonds. The van der Waals surface area contributed by atoms with Crippen molar-refractivity contribution in [3.63, 3.8) is 0 Å². The molecule has 0 radical (unpaired) electrons. The first-order chi connectivity index (χ1) is 9.45. The van der Waals surface area contributed by atoms with Crippen molar-refractivity contribution in [3.05, 3.63) is 34.3 Å². The Kier molecular flexibility index (Phi) is 5.03. The average Bonchev–Trinajstić information content (AvgIpc) is 2.41. The van der Waals surface area contributed by atoms with Crippen LogP contribution >= 0.6 is 15.9 Å². The van der Waals surface area contributed by atoms with Gasteiger partial charge in [0, 0.05) is 10.9 Å². The second-order valence-electron chi connectivity index (χ2n) is 6.32. The molecule has 0 spiro atoms. The Bertz CT molecular complexity index is 486. The van der Waals surface area contributed by atoms with Gasteiger partial charge in [-0.3, -0.25) is 9.69 Å². The summed E-state index contributed by atoms with van der Waals surface area (Å²) in [6.45, 7) is 2.27. The van der Waals surface area contributed by atoms with Crippen LogP contribution in [0.25, 0.3) is 0 Å². The molecule has 0 aromatic heterocycles. The third-order valence-corrected chi connectivity index (χ3v) is 5.43. The SMILES string of the molecule is CC1CCCC(C(=O)Cc2ccccc2Br)(N(C)C)C1. The van der Waals surface area contributed by atoms with Gasteiger partial charge in [0.15, 0.2) is 5.78 Å². The van der Waals surface area contributed by atoms with Gasteiger partial charge in [-0.25, -0.2) is 0 Å². The normalized spacial score (nSPS) is 26.8. The lowest BCUT2D eigenvalue weighted by Crippen LogP contribution is -2.54. The zero-order valence-corrected chi connectivity index (χ0v) is 14.2. The molecule has 0 aliphatic heterocycles. The summed E-state index contributed by atoms with van der Waals surface area (Å²) in [5.41, 5.74) is 0.824. The molecule has 2 unspecified atom stereocenters. The van der Waals surface area contributed by atoms with Crippen molar-refractivity contribution in [2.24, 2.45) is 5.92 Å². The summed E-state index contributed by atoms with van der Waals surface area (Å²) >= 11 is 3.55. The van der Waals surface area contributed by atoms with E-state index in [0.29, 0.717) is 18.1 Å². The molecule has 2 atom stereocenters. The van der Waals surface area contributed by atoms with E-state index >= 15 is 0 Å². The fourth-order valence-corrected chi connectivity index (χ4v) is 3.84. The number of nitrogens with zero attached hydrogens (tertiary/aromatic N) is 1. The maximum atomic E-state index is 13.0. The van der Waals surface area contributed by atoms with E-state index in [1.54, 1.807) is 0 Å². The van der Waals surface area contributed by atoms with Crippen molar-refractivity contribution in [3.8, 4) is 0 Å². The number of likely N-dealkylation sites (N-methyl/N-ethyl adjacent to an activating group) is 1. The first kappa shape index (κ1) is 15.7. The number of rotatable bonds is 4. The van der Waals surface area contributed by atoms with E-state index in [9.17, 15) is 4.79 Å². The molecule has 1 aromatic carbocycles. The minimum atomic E-state index is -0.271. The van der Waals surface area contributed by atoms with Crippen molar-refractivity contribution in [1.82, 2.24) is 4.90 Å². The van der Waals surface area contributed by atoms with E-state index in [-0.39, 0.29) is 5.54 Å². The first-order valence-electron chi connectivity index (χ1n) is 7.40. The summed E-state index contributed by atoms with van der Waals surface area (Å²) in [5, 5.41) is 0. The monoisotopic (exact) mass is 337 g/mol. The van der Waals surface area contributed by atoms with Crippen LogP contribution in [0.5, 0.6) is 0 Å². The summed E-state index contributed by atoms with van der Waals surface area (Å²) in [4.78, 5) is 15.1. The van der Waals surface area contributed by atoms with Crippen LogP contribution in [0.1, 0.15) is 38.2 Å². The molecule has 110 valence electrons. The van der Waals surface area contributed by atoms with E-state index in [1.807, 2.05) is 24.3 Å². The Labute approximate surface area is 130 Å². The van der Waals surface area contributed by atoms with Crippen molar-refractivity contribution in [2.45, 2.75) is 44.6 Å². The smallest absolute Gasteiger partial charge is 0.157 e. The van der Waals surface area contributed by atoms with Gasteiger partial charge in [0.1, 0.15) is 0 Å². The predicted molar refractivity (Wildman–Crippen MR) is 86.9 cm³/mol. The fraction of sp³-hybridized carbons (Fsp3) is 0.588. The van der Waals surface area contributed by atoms with Gasteiger partial charge in [-0.2, -0.15) is 0 Å². The van der Waals surface area contributed by atoms with E-state index in [0.717, 1.165) is 29.3 Å². The van der Waals surface area contributed by atoms with Crippen molar-refractivity contribution in [1.29, 1.82) is 0 Å². The Hall–Kier alpha value is -0.670. The molecule has 1 fully saturated rings. The van der Waals surface area contributed by atoms with Crippen LogP contribution in [-0.2, 0) is 11.2 Å². The Morgan fingerprint density at radius 2 is 2.10 bits per heavy atom. The van der Waals surface area contributed by atoms with E-state index < -0.39 is 0 Å². The summed E-state index contributed by atoms with van der Waals surface area (Å²) in [6.07, 6.45) is 4.90. The van der Waals surface area contributed by atoms with Crippen LogP contribution in [0, 0.1) is 5.92 Å². The van der Waals surface area contributed by atoms with Crippen LogP contribution in [0.2, 0.25) is 0 Å². The maximum Gasteiger partial charge on any atom is 0.157 e. The van der Waals surface area contributed by atoms with Gasteiger partial charge < -0.3 is 0 Å². The third-order valence-electron chi connectivity index (χ3n) is 4.66. The van der Waals surface area contributed by atoms with E-state index in [2.05, 4.69) is 41.8 Å². The molecular weight excluding hydrogens is 314 g/mol. The molecule has 3 heteroatoms. The molecular formula is C17H24BrNO. The van der Waals surface area contributed by atoms with Gasteiger partial charge in [-0.05, 0) is 44.5 Å². The lowest BCUT2D eigenvalue weighted by atomic mass is 9.72. The van der Waals surface area contributed by atoms with Gasteiger partial charge in [0.25, 0.3) is 0 Å². The maximum absolute atomic E-state index is 13.0. The Balaban J connectivity index is 2.22. The number of hydrogen-bond donors (Lipinski definition) is 0. The molecule has 20 heavy (non-hydrogen) atoms. The predicted octanol–water partition coefficient (Wildman–Crippen LogP) is 4.07. The summed E-state index contributed by atoms with van der Waals surface area (Å²) < 4.78 is 1.03. The molecule has 2 nitrogen and oxygen atoms in total. The number of ketones is 1. The number of carbonyl (C=O) groups is 1. The van der Waals surface area contributed by atoms with Crippen molar-refractivity contribution >= 4 is 21.7 Å². The number of hydrogen-bond acceptors (Lipinski definition) is 2. The molecule has 1 aliphatic carbocycles. The van der Waals surface area contributed by atoms with Gasteiger partial charge >= 0.3 is 0 Å². The van der Waals surface area contributed by atoms with Crippen LogP contribution < -0.4 is 0 Å². The Morgan fingerprint density at radius 3 is 2.70 bits per heavy atom. The van der Waals surface area contributed by atoms with Gasteiger partial charge in [0.2, 0.25) is 0 Å². The van der Waals surface area contributed by atoms with Crippen LogP contribution in [0.15, 0.2) is 28.7 Å². The number of benzene rings is 1. The average molecular weight is 338 g/mol. The van der Waals surface area contributed by atoms with Gasteiger partial charge in [-0.15, -0.1) is 0 Å². The van der Waals surface area contributed by atoms with Crippen LogP contribution in [0.4, 0.5) is 0 Å². The lowest BCUT2D eigenvalue weighted by molar-refractivity contribution is -0.132. The molecule has 2 rings (SSSR count). The van der Waals surface area contributed by atoms with E-state index in [1.165, 1.54) is 6.42 Å². The Morgan fingerprint density at radius 1 is 1.40 bits per heavy atom. The largest absolute Gasteiger partial charge is 0.297 e. The molecule has 1 saturated carbocycles. The van der Waals surface area contributed by atoms with E-state index in [4.69, 9.17) is 0 Å². The zero-order chi connectivity index (χ0) is 14.8. The number of carbonyl (C=O) groups excluding carboxylic acids is 1. The number of halogens is 1. The highest BCUT2D eigenvalue weighted by atomic mass is 79.9. The topological polar surface area (TPSA) is 20.3 Å². The quantitative estimate of drug-likeness (QED) is 0.825. The highest BCUT2D eigenvalue weighted by molar-refractivity contribution is 9.10. The molecule has 0 saturated heterocycles. The highest BCUT2D eigenvalue weighted by Gasteiger charge is 2.42. The molecule has 1 aliphatic rings. The second kappa shape index (κ2) is 6.40. The fourth-order valence-electron chi connectivity index (χ4n) is 3.41. The molecule has 0 bridgehead atoms. The summed E-state index contributed by atoms with van der Waals surface area (Å²) in [6, 6.07) is 8.04. The van der Waals surface area contributed by atoms with Gasteiger partial charge in [-0.1, -0.05) is 53.9 Å². The van der Waals surface area contributed by atoms with Crippen molar-refractivity contribution < 1.29 is 4.79 Å². The molecule has 0 heterocycles. The molecule has 1 aromatic rings. The second-order valence-corrected chi connectivity index (χ2v) is 7.17. The number of Topliss-reactive ketones (excluding diaryl/α,β-unsaturated/α-hetero) is 1. The minimum absolute atomic E-state index is 0.271. The summed E-state index contributed by atoms with van der Waals surface area (Å²) in [5.74, 6) is 0.996. The van der Waals surface area contributed by atoms with Crippen molar-refractivity contribution in [2.75, 3.05) is 14.1 Å². The first-order valence-corrected chi connectivity index (χ1v) is 8.19. The van der Waals surface area contributed by atoms with Crippen LogP contribution in [0.3, 0.4) is 0 Å².